The van der Waals surface area contributed by atoms with Gasteiger partial charge in [-0.2, -0.15) is 5.26 Å². The second kappa shape index (κ2) is 7.32. The molecule has 20 heavy (non-hydrogen) atoms. The van der Waals surface area contributed by atoms with Crippen molar-refractivity contribution < 1.29 is 9.84 Å². The summed E-state index contributed by atoms with van der Waals surface area (Å²) in [5, 5.41) is 17.5. The summed E-state index contributed by atoms with van der Waals surface area (Å²) in [6.07, 6.45) is 1.62. The standard InChI is InChI=1S/C17H17NO2/c18-13-14-3-5-15(6-4-14)16-7-9-17(10-8-16)20-12-2-1-11-19/h3-10,19H,1-2,11-12H2. The number of aliphatic hydroxyl groups is 1. The lowest BCUT2D eigenvalue weighted by Gasteiger charge is -2.07. The van der Waals surface area contributed by atoms with Gasteiger partial charge in [0.1, 0.15) is 5.75 Å². The van der Waals surface area contributed by atoms with Crippen LogP contribution in [0.15, 0.2) is 48.5 Å². The van der Waals surface area contributed by atoms with Crippen molar-refractivity contribution >= 4 is 0 Å². The van der Waals surface area contributed by atoms with Crippen LogP contribution < -0.4 is 4.74 Å². The molecule has 0 saturated heterocycles. The molecule has 0 radical (unpaired) electrons. The van der Waals surface area contributed by atoms with Gasteiger partial charge in [0.2, 0.25) is 0 Å². The van der Waals surface area contributed by atoms with Gasteiger partial charge in [0.05, 0.1) is 18.2 Å². The molecule has 0 heterocycles. The summed E-state index contributed by atoms with van der Waals surface area (Å²) in [5.41, 5.74) is 2.84. The first kappa shape index (κ1) is 14.1. The van der Waals surface area contributed by atoms with E-state index in [4.69, 9.17) is 15.1 Å². The number of aliphatic hydroxyl groups excluding tert-OH is 1. The minimum absolute atomic E-state index is 0.209. The fraction of sp³-hybridized carbons (Fsp3) is 0.235. The van der Waals surface area contributed by atoms with Crippen LogP contribution in [-0.2, 0) is 0 Å². The normalized spacial score (nSPS) is 10.0. The van der Waals surface area contributed by atoms with E-state index < -0.39 is 0 Å². The van der Waals surface area contributed by atoms with E-state index in [1.165, 1.54) is 0 Å². The van der Waals surface area contributed by atoms with Gasteiger partial charge in [-0.15, -0.1) is 0 Å². The molecule has 0 aliphatic carbocycles. The van der Waals surface area contributed by atoms with Crippen molar-refractivity contribution in [2.45, 2.75) is 12.8 Å². The van der Waals surface area contributed by atoms with E-state index in [9.17, 15) is 0 Å². The van der Waals surface area contributed by atoms with Crippen LogP contribution >= 0.6 is 0 Å². The zero-order valence-electron chi connectivity index (χ0n) is 11.2. The van der Waals surface area contributed by atoms with Crippen molar-refractivity contribution in [3.63, 3.8) is 0 Å². The molecule has 0 spiro atoms. The maximum absolute atomic E-state index is 8.77. The molecule has 0 unspecified atom stereocenters. The summed E-state index contributed by atoms with van der Waals surface area (Å²) in [6, 6.07) is 17.5. The van der Waals surface area contributed by atoms with Crippen molar-refractivity contribution in [3.05, 3.63) is 54.1 Å². The molecule has 1 N–H and O–H groups in total. The Morgan fingerprint density at radius 2 is 1.50 bits per heavy atom. The molecule has 2 rings (SSSR count). The third-order valence-corrected chi connectivity index (χ3v) is 3.02. The van der Waals surface area contributed by atoms with E-state index in [-0.39, 0.29) is 6.61 Å². The molecule has 102 valence electrons. The zero-order valence-corrected chi connectivity index (χ0v) is 11.2. The minimum Gasteiger partial charge on any atom is -0.494 e. The summed E-state index contributed by atoms with van der Waals surface area (Å²) >= 11 is 0. The van der Waals surface area contributed by atoms with E-state index in [0.29, 0.717) is 12.2 Å². The van der Waals surface area contributed by atoms with Crippen LogP contribution in [0.5, 0.6) is 5.75 Å². The highest BCUT2D eigenvalue weighted by Crippen LogP contribution is 2.22. The number of hydrogen-bond donors (Lipinski definition) is 1. The maximum Gasteiger partial charge on any atom is 0.119 e. The lowest BCUT2D eigenvalue weighted by atomic mass is 10.0. The van der Waals surface area contributed by atoms with Gasteiger partial charge in [-0.3, -0.25) is 0 Å². The van der Waals surface area contributed by atoms with E-state index in [0.717, 1.165) is 29.7 Å². The lowest BCUT2D eigenvalue weighted by molar-refractivity contribution is 0.253. The highest BCUT2D eigenvalue weighted by atomic mass is 16.5. The quantitative estimate of drug-likeness (QED) is 0.816. The molecule has 0 bridgehead atoms. The molecule has 0 aliphatic rings. The van der Waals surface area contributed by atoms with Crippen molar-refractivity contribution in [1.29, 1.82) is 5.26 Å². The van der Waals surface area contributed by atoms with Crippen molar-refractivity contribution in [1.82, 2.24) is 0 Å². The predicted molar refractivity (Wildman–Crippen MR) is 78.4 cm³/mol. The summed E-state index contributed by atoms with van der Waals surface area (Å²) in [5.74, 6) is 0.834. The average molecular weight is 267 g/mol. The van der Waals surface area contributed by atoms with E-state index >= 15 is 0 Å². The van der Waals surface area contributed by atoms with Gasteiger partial charge < -0.3 is 9.84 Å². The van der Waals surface area contributed by atoms with Crippen LogP contribution in [0.3, 0.4) is 0 Å². The maximum atomic E-state index is 8.77. The summed E-state index contributed by atoms with van der Waals surface area (Å²) in [6.45, 7) is 0.831. The average Bonchev–Trinajstić information content (AvgIpc) is 2.52. The summed E-state index contributed by atoms with van der Waals surface area (Å²) in [4.78, 5) is 0. The Kier molecular flexibility index (Phi) is 5.16. The second-order valence-electron chi connectivity index (χ2n) is 4.49. The number of rotatable bonds is 6. The van der Waals surface area contributed by atoms with Gasteiger partial charge in [0, 0.05) is 6.61 Å². The van der Waals surface area contributed by atoms with Gasteiger partial charge in [-0.1, -0.05) is 24.3 Å². The second-order valence-corrected chi connectivity index (χ2v) is 4.49. The van der Waals surface area contributed by atoms with Crippen LogP contribution in [0.25, 0.3) is 11.1 Å². The molecular formula is C17H17NO2. The Balaban J connectivity index is 1.98. The Labute approximate surface area is 119 Å². The fourth-order valence-electron chi connectivity index (χ4n) is 1.88. The Morgan fingerprint density at radius 1 is 0.900 bits per heavy atom. The first-order valence-corrected chi connectivity index (χ1v) is 6.68. The van der Waals surface area contributed by atoms with Crippen molar-refractivity contribution in [2.24, 2.45) is 0 Å². The van der Waals surface area contributed by atoms with Gasteiger partial charge in [0.15, 0.2) is 0 Å². The van der Waals surface area contributed by atoms with Crippen LogP contribution in [0.4, 0.5) is 0 Å². The molecular weight excluding hydrogens is 250 g/mol. The van der Waals surface area contributed by atoms with Crippen LogP contribution in [0.2, 0.25) is 0 Å². The Bertz CT molecular complexity index is 567. The number of nitrogens with zero attached hydrogens (tertiary/aromatic N) is 1. The third-order valence-electron chi connectivity index (χ3n) is 3.02. The fourth-order valence-corrected chi connectivity index (χ4v) is 1.88. The number of nitriles is 1. The van der Waals surface area contributed by atoms with E-state index in [1.54, 1.807) is 0 Å². The smallest absolute Gasteiger partial charge is 0.119 e. The Morgan fingerprint density at radius 3 is 2.05 bits per heavy atom. The number of benzene rings is 2. The van der Waals surface area contributed by atoms with Crippen LogP contribution in [0, 0.1) is 11.3 Å². The summed E-state index contributed by atoms with van der Waals surface area (Å²) < 4.78 is 5.58. The number of ether oxygens (including phenoxy) is 1. The molecule has 0 amide bonds. The SMILES string of the molecule is N#Cc1ccc(-c2ccc(OCCCCO)cc2)cc1. The molecule has 3 nitrogen and oxygen atoms in total. The van der Waals surface area contributed by atoms with Crippen molar-refractivity contribution in [2.75, 3.05) is 13.2 Å². The molecule has 0 saturated carbocycles. The third kappa shape index (κ3) is 3.84. The number of unbranched alkanes of at least 4 members (excludes halogenated alkanes) is 1. The molecule has 0 fully saturated rings. The van der Waals surface area contributed by atoms with Gasteiger partial charge >= 0.3 is 0 Å². The largest absolute Gasteiger partial charge is 0.494 e. The molecule has 0 aliphatic heterocycles. The van der Waals surface area contributed by atoms with Gasteiger partial charge in [-0.05, 0) is 48.2 Å². The molecule has 0 atom stereocenters. The summed E-state index contributed by atoms with van der Waals surface area (Å²) in [7, 11) is 0. The van der Waals surface area contributed by atoms with Gasteiger partial charge in [-0.25, -0.2) is 0 Å². The molecule has 0 aromatic heterocycles. The zero-order chi connectivity index (χ0) is 14.2. The first-order valence-electron chi connectivity index (χ1n) is 6.68. The monoisotopic (exact) mass is 267 g/mol. The van der Waals surface area contributed by atoms with Crippen LogP contribution in [0.1, 0.15) is 18.4 Å². The van der Waals surface area contributed by atoms with Crippen molar-refractivity contribution in [3.8, 4) is 22.9 Å². The van der Waals surface area contributed by atoms with E-state index in [1.807, 2.05) is 48.5 Å². The Hall–Kier alpha value is -2.31. The first-order chi connectivity index (χ1) is 9.83. The van der Waals surface area contributed by atoms with Crippen LogP contribution in [-0.4, -0.2) is 18.3 Å². The molecule has 2 aromatic rings. The minimum atomic E-state index is 0.209. The highest BCUT2D eigenvalue weighted by molar-refractivity contribution is 5.64. The lowest BCUT2D eigenvalue weighted by Crippen LogP contribution is -1.98. The van der Waals surface area contributed by atoms with E-state index in [2.05, 4.69) is 6.07 Å². The van der Waals surface area contributed by atoms with Gasteiger partial charge in [0.25, 0.3) is 0 Å². The molecule has 2 aromatic carbocycles. The highest BCUT2D eigenvalue weighted by Gasteiger charge is 1.99. The number of hydrogen-bond acceptors (Lipinski definition) is 3. The topological polar surface area (TPSA) is 53.2 Å². The predicted octanol–water partition coefficient (Wildman–Crippen LogP) is 3.38. The molecule has 3 heteroatoms.